The number of rotatable bonds is 6. The SMILES string of the molecule is CCC(CC)N(CCBr)C(=O)C1(C)CCCS1. The normalized spacial score (nSPS) is 24.3. The summed E-state index contributed by atoms with van der Waals surface area (Å²) < 4.78 is -0.162. The van der Waals surface area contributed by atoms with Gasteiger partial charge in [0.05, 0.1) is 4.75 Å². The molecule has 0 aromatic rings. The van der Waals surface area contributed by atoms with Crippen molar-refractivity contribution in [2.75, 3.05) is 17.6 Å². The highest BCUT2D eigenvalue weighted by atomic mass is 79.9. The van der Waals surface area contributed by atoms with E-state index in [1.165, 1.54) is 6.42 Å². The highest BCUT2D eigenvalue weighted by molar-refractivity contribution is 9.09. The van der Waals surface area contributed by atoms with Crippen molar-refractivity contribution in [3.63, 3.8) is 0 Å². The molecule has 0 bridgehead atoms. The zero-order chi connectivity index (χ0) is 12.9. The zero-order valence-corrected chi connectivity index (χ0v) is 13.6. The van der Waals surface area contributed by atoms with Gasteiger partial charge in [-0.1, -0.05) is 29.8 Å². The number of halogens is 1. The van der Waals surface area contributed by atoms with Crippen LogP contribution in [0.1, 0.15) is 46.5 Å². The molecule has 0 N–H and O–H groups in total. The molecule has 1 rings (SSSR count). The van der Waals surface area contributed by atoms with Gasteiger partial charge in [0.25, 0.3) is 0 Å². The predicted molar refractivity (Wildman–Crippen MR) is 80.0 cm³/mol. The predicted octanol–water partition coefficient (Wildman–Crippen LogP) is 3.68. The van der Waals surface area contributed by atoms with Crippen molar-refractivity contribution in [3.8, 4) is 0 Å². The summed E-state index contributed by atoms with van der Waals surface area (Å²) in [5, 5.41) is 0.871. The lowest BCUT2D eigenvalue weighted by Gasteiger charge is -2.36. The van der Waals surface area contributed by atoms with Gasteiger partial charge >= 0.3 is 0 Å². The molecule has 4 heteroatoms. The van der Waals surface area contributed by atoms with Gasteiger partial charge < -0.3 is 4.90 Å². The molecule has 0 aliphatic carbocycles. The van der Waals surface area contributed by atoms with E-state index in [0.717, 1.165) is 36.9 Å². The maximum Gasteiger partial charge on any atom is 0.238 e. The standard InChI is InChI=1S/C13H24BrNOS/c1-4-11(5-2)15(9-8-14)12(16)13(3)7-6-10-17-13/h11H,4-10H2,1-3H3. The van der Waals surface area contributed by atoms with Crippen molar-refractivity contribution < 1.29 is 4.79 Å². The molecule has 1 saturated heterocycles. The summed E-state index contributed by atoms with van der Waals surface area (Å²) in [6.45, 7) is 7.30. The fraction of sp³-hybridized carbons (Fsp3) is 0.923. The second kappa shape index (κ2) is 7.03. The lowest BCUT2D eigenvalue weighted by atomic mass is 10.0. The van der Waals surface area contributed by atoms with Crippen LogP contribution in [0.25, 0.3) is 0 Å². The number of hydrogen-bond acceptors (Lipinski definition) is 2. The van der Waals surface area contributed by atoms with Gasteiger partial charge in [-0.05, 0) is 38.4 Å². The summed E-state index contributed by atoms with van der Waals surface area (Å²) in [5.41, 5.74) is 0. The lowest BCUT2D eigenvalue weighted by molar-refractivity contribution is -0.135. The third-order valence-electron chi connectivity index (χ3n) is 3.64. The van der Waals surface area contributed by atoms with Gasteiger partial charge in [0.15, 0.2) is 0 Å². The molecule has 0 radical (unpaired) electrons. The molecule has 1 unspecified atom stereocenters. The zero-order valence-electron chi connectivity index (χ0n) is 11.2. The number of amides is 1. The molecule has 100 valence electrons. The number of alkyl halides is 1. The molecule has 1 aliphatic rings. The quantitative estimate of drug-likeness (QED) is 0.695. The first-order chi connectivity index (χ1) is 8.09. The third kappa shape index (κ3) is 3.63. The summed E-state index contributed by atoms with van der Waals surface area (Å²) >= 11 is 5.31. The monoisotopic (exact) mass is 321 g/mol. The molecule has 0 aromatic carbocycles. The van der Waals surface area contributed by atoms with Crippen LogP contribution < -0.4 is 0 Å². The van der Waals surface area contributed by atoms with Gasteiger partial charge in [0, 0.05) is 17.9 Å². The smallest absolute Gasteiger partial charge is 0.238 e. The molecule has 1 aliphatic heterocycles. The van der Waals surface area contributed by atoms with Crippen LogP contribution in [-0.4, -0.2) is 39.2 Å². The molecule has 0 spiro atoms. The topological polar surface area (TPSA) is 20.3 Å². The Morgan fingerprint density at radius 3 is 2.53 bits per heavy atom. The molecule has 0 aromatic heterocycles. The molecule has 17 heavy (non-hydrogen) atoms. The van der Waals surface area contributed by atoms with Gasteiger partial charge in [-0.15, -0.1) is 11.8 Å². The van der Waals surface area contributed by atoms with Crippen LogP contribution in [0.15, 0.2) is 0 Å². The van der Waals surface area contributed by atoms with E-state index in [1.54, 1.807) is 0 Å². The van der Waals surface area contributed by atoms with Crippen LogP contribution in [0.4, 0.5) is 0 Å². The van der Waals surface area contributed by atoms with Gasteiger partial charge in [0.1, 0.15) is 0 Å². The van der Waals surface area contributed by atoms with Gasteiger partial charge in [-0.2, -0.15) is 0 Å². The summed E-state index contributed by atoms with van der Waals surface area (Å²) in [6, 6.07) is 0.401. The summed E-state index contributed by atoms with van der Waals surface area (Å²) in [7, 11) is 0. The molecule has 1 amide bonds. The third-order valence-corrected chi connectivity index (χ3v) is 5.50. The van der Waals surface area contributed by atoms with Gasteiger partial charge in [0.2, 0.25) is 5.91 Å². The second-order valence-electron chi connectivity index (χ2n) is 4.84. The van der Waals surface area contributed by atoms with E-state index < -0.39 is 0 Å². The highest BCUT2D eigenvalue weighted by Gasteiger charge is 2.41. The van der Waals surface area contributed by atoms with Gasteiger partial charge in [-0.25, -0.2) is 0 Å². The average molecular weight is 322 g/mol. The molecule has 1 fully saturated rings. The Morgan fingerprint density at radius 1 is 1.47 bits per heavy atom. The van der Waals surface area contributed by atoms with E-state index in [9.17, 15) is 4.79 Å². The molecule has 2 nitrogen and oxygen atoms in total. The van der Waals surface area contributed by atoms with Crippen molar-refractivity contribution >= 4 is 33.6 Å². The van der Waals surface area contributed by atoms with Crippen molar-refractivity contribution in [1.82, 2.24) is 4.90 Å². The summed E-state index contributed by atoms with van der Waals surface area (Å²) in [6.07, 6.45) is 4.32. The van der Waals surface area contributed by atoms with Crippen molar-refractivity contribution in [2.24, 2.45) is 0 Å². The number of hydrogen-bond donors (Lipinski definition) is 0. The van der Waals surface area contributed by atoms with Crippen LogP contribution in [0.2, 0.25) is 0 Å². The van der Waals surface area contributed by atoms with E-state index in [1.807, 2.05) is 11.8 Å². The van der Waals surface area contributed by atoms with E-state index >= 15 is 0 Å². The Bertz CT molecular complexity index is 250. The van der Waals surface area contributed by atoms with E-state index in [2.05, 4.69) is 41.6 Å². The highest BCUT2D eigenvalue weighted by Crippen LogP contribution is 2.39. The van der Waals surface area contributed by atoms with E-state index in [4.69, 9.17) is 0 Å². The minimum Gasteiger partial charge on any atom is -0.338 e. The largest absolute Gasteiger partial charge is 0.338 e. The van der Waals surface area contributed by atoms with Crippen LogP contribution in [0, 0.1) is 0 Å². The summed E-state index contributed by atoms with van der Waals surface area (Å²) in [4.78, 5) is 14.8. The maximum absolute atomic E-state index is 12.7. The Morgan fingerprint density at radius 2 is 2.12 bits per heavy atom. The number of carbonyl (C=O) groups excluding carboxylic acids is 1. The average Bonchev–Trinajstić information content (AvgIpc) is 2.77. The fourth-order valence-electron chi connectivity index (χ4n) is 2.52. The van der Waals surface area contributed by atoms with Crippen molar-refractivity contribution in [1.29, 1.82) is 0 Å². The molecular formula is C13H24BrNOS. The molecular weight excluding hydrogens is 298 g/mol. The first-order valence-corrected chi connectivity index (χ1v) is 8.70. The Labute approximate surface area is 118 Å². The minimum atomic E-state index is -0.162. The molecule has 1 heterocycles. The first-order valence-electron chi connectivity index (χ1n) is 6.60. The Balaban J connectivity index is 2.78. The van der Waals surface area contributed by atoms with Crippen LogP contribution in [0.5, 0.6) is 0 Å². The first kappa shape index (κ1) is 15.4. The van der Waals surface area contributed by atoms with Gasteiger partial charge in [-0.3, -0.25) is 4.79 Å². The number of nitrogens with zero attached hydrogens (tertiary/aromatic N) is 1. The Kier molecular flexibility index (Phi) is 6.35. The van der Waals surface area contributed by atoms with E-state index in [-0.39, 0.29) is 4.75 Å². The number of carbonyl (C=O) groups is 1. The van der Waals surface area contributed by atoms with Crippen molar-refractivity contribution in [2.45, 2.75) is 57.2 Å². The summed E-state index contributed by atoms with van der Waals surface area (Å²) in [5.74, 6) is 1.49. The van der Waals surface area contributed by atoms with Crippen LogP contribution >= 0.6 is 27.7 Å². The molecule has 0 saturated carbocycles. The molecule has 1 atom stereocenters. The number of thioether (sulfide) groups is 1. The second-order valence-corrected chi connectivity index (χ2v) is 7.23. The van der Waals surface area contributed by atoms with E-state index in [0.29, 0.717) is 11.9 Å². The van der Waals surface area contributed by atoms with Crippen molar-refractivity contribution in [3.05, 3.63) is 0 Å². The minimum absolute atomic E-state index is 0.162. The lowest BCUT2D eigenvalue weighted by Crippen LogP contribution is -2.49. The maximum atomic E-state index is 12.7. The van der Waals surface area contributed by atoms with Crippen LogP contribution in [-0.2, 0) is 4.79 Å². The fourth-order valence-corrected chi connectivity index (χ4v) is 4.17. The Hall–Kier alpha value is 0.300. The van der Waals surface area contributed by atoms with Crippen LogP contribution in [0.3, 0.4) is 0 Å².